The molecule has 1 heterocycles. The molecular weight excluding hydrogens is 234 g/mol. The van der Waals surface area contributed by atoms with Crippen LogP contribution in [0.3, 0.4) is 0 Å². The van der Waals surface area contributed by atoms with E-state index in [9.17, 15) is 9.59 Å². The van der Waals surface area contributed by atoms with E-state index in [0.29, 0.717) is 13.2 Å². The van der Waals surface area contributed by atoms with Crippen LogP contribution in [-0.2, 0) is 19.1 Å². The van der Waals surface area contributed by atoms with Gasteiger partial charge in [0.15, 0.2) is 5.78 Å². The molecule has 1 atom stereocenters. The van der Waals surface area contributed by atoms with Crippen molar-refractivity contribution in [1.29, 1.82) is 0 Å². The molecule has 5 nitrogen and oxygen atoms in total. The number of ketones is 1. The number of ether oxygens (including phenoxy) is 2. The van der Waals surface area contributed by atoms with Gasteiger partial charge in [-0.15, -0.1) is 0 Å². The Morgan fingerprint density at radius 2 is 1.94 bits per heavy atom. The monoisotopic (exact) mass is 257 g/mol. The van der Waals surface area contributed by atoms with Crippen LogP contribution < -0.4 is 5.32 Å². The third-order valence-electron chi connectivity index (χ3n) is 3.04. The highest BCUT2D eigenvalue weighted by Crippen LogP contribution is 2.10. The van der Waals surface area contributed by atoms with Gasteiger partial charge in [-0.2, -0.15) is 0 Å². The summed E-state index contributed by atoms with van der Waals surface area (Å²) in [4.78, 5) is 23.0. The maximum absolute atomic E-state index is 11.7. The van der Waals surface area contributed by atoms with Gasteiger partial charge in [0.2, 0.25) is 5.91 Å². The fourth-order valence-electron chi connectivity index (χ4n) is 1.99. The van der Waals surface area contributed by atoms with Gasteiger partial charge in [-0.05, 0) is 25.7 Å². The van der Waals surface area contributed by atoms with Gasteiger partial charge in [-0.25, -0.2) is 0 Å². The minimum atomic E-state index is -0.421. The van der Waals surface area contributed by atoms with Crippen molar-refractivity contribution in [2.75, 3.05) is 19.8 Å². The highest BCUT2D eigenvalue weighted by molar-refractivity contribution is 5.88. The molecule has 1 saturated heterocycles. The second kappa shape index (κ2) is 7.48. The highest BCUT2D eigenvalue weighted by Gasteiger charge is 2.21. The molecule has 1 aliphatic heterocycles. The van der Waals surface area contributed by atoms with Crippen molar-refractivity contribution in [3.8, 4) is 0 Å². The topological polar surface area (TPSA) is 64.6 Å². The largest absolute Gasteiger partial charge is 0.381 e. The highest BCUT2D eigenvalue weighted by atomic mass is 16.5. The number of rotatable bonds is 6. The third kappa shape index (κ3) is 5.14. The predicted octanol–water partition coefficient (Wildman–Crippen LogP) is 0.912. The Morgan fingerprint density at radius 1 is 1.33 bits per heavy atom. The SMILES string of the molecule is CC(=O)C(NC(=O)COC1CCOCC1)C(C)C. The smallest absolute Gasteiger partial charge is 0.246 e. The minimum Gasteiger partial charge on any atom is -0.381 e. The van der Waals surface area contributed by atoms with E-state index in [1.54, 1.807) is 0 Å². The Bertz CT molecular complexity index is 285. The Kier molecular flexibility index (Phi) is 6.29. The van der Waals surface area contributed by atoms with Crippen LogP contribution in [0.1, 0.15) is 33.6 Å². The van der Waals surface area contributed by atoms with Gasteiger partial charge in [0.25, 0.3) is 0 Å². The second-order valence-corrected chi connectivity index (χ2v) is 5.02. The molecule has 1 aliphatic rings. The molecule has 1 fully saturated rings. The average molecular weight is 257 g/mol. The molecule has 18 heavy (non-hydrogen) atoms. The molecule has 1 rings (SSSR count). The first kappa shape index (κ1) is 15.1. The first-order valence-corrected chi connectivity index (χ1v) is 6.50. The van der Waals surface area contributed by atoms with E-state index in [2.05, 4.69) is 5.32 Å². The van der Waals surface area contributed by atoms with Crippen LogP contribution in [0.15, 0.2) is 0 Å². The lowest BCUT2D eigenvalue weighted by Crippen LogP contribution is -2.45. The first-order chi connectivity index (χ1) is 8.50. The van der Waals surface area contributed by atoms with Gasteiger partial charge in [0, 0.05) is 13.2 Å². The van der Waals surface area contributed by atoms with E-state index in [4.69, 9.17) is 9.47 Å². The van der Waals surface area contributed by atoms with Crippen molar-refractivity contribution in [2.45, 2.75) is 45.8 Å². The van der Waals surface area contributed by atoms with E-state index < -0.39 is 6.04 Å². The summed E-state index contributed by atoms with van der Waals surface area (Å²) in [5.41, 5.74) is 0. The molecule has 0 bridgehead atoms. The van der Waals surface area contributed by atoms with Crippen LogP contribution in [-0.4, -0.2) is 43.7 Å². The minimum absolute atomic E-state index is 0.0150. The second-order valence-electron chi connectivity index (χ2n) is 5.02. The van der Waals surface area contributed by atoms with E-state index in [1.807, 2.05) is 13.8 Å². The first-order valence-electron chi connectivity index (χ1n) is 6.50. The van der Waals surface area contributed by atoms with Crippen LogP contribution in [0.25, 0.3) is 0 Å². The normalized spacial score (nSPS) is 18.7. The molecule has 1 unspecified atom stereocenters. The lowest BCUT2D eigenvalue weighted by atomic mass is 10.0. The summed E-state index contributed by atoms with van der Waals surface area (Å²) in [6.45, 7) is 6.70. The maximum atomic E-state index is 11.7. The van der Waals surface area contributed by atoms with Gasteiger partial charge < -0.3 is 14.8 Å². The van der Waals surface area contributed by atoms with Crippen LogP contribution in [0, 0.1) is 5.92 Å². The van der Waals surface area contributed by atoms with Crippen LogP contribution in [0.4, 0.5) is 0 Å². The number of hydrogen-bond donors (Lipinski definition) is 1. The molecule has 0 aliphatic carbocycles. The van der Waals surface area contributed by atoms with Gasteiger partial charge >= 0.3 is 0 Å². The summed E-state index contributed by atoms with van der Waals surface area (Å²) in [7, 11) is 0. The van der Waals surface area contributed by atoms with Gasteiger partial charge in [0.05, 0.1) is 12.1 Å². The number of amides is 1. The summed E-state index contributed by atoms with van der Waals surface area (Å²) >= 11 is 0. The predicted molar refractivity (Wildman–Crippen MR) is 67.2 cm³/mol. The summed E-state index contributed by atoms with van der Waals surface area (Å²) < 4.78 is 10.7. The van der Waals surface area contributed by atoms with Crippen LogP contribution in [0.2, 0.25) is 0 Å². The Balaban J connectivity index is 2.29. The quantitative estimate of drug-likeness (QED) is 0.768. The van der Waals surface area contributed by atoms with Gasteiger partial charge in [0.1, 0.15) is 6.61 Å². The molecule has 0 saturated carbocycles. The zero-order valence-corrected chi connectivity index (χ0v) is 11.4. The third-order valence-corrected chi connectivity index (χ3v) is 3.04. The average Bonchev–Trinajstić information content (AvgIpc) is 2.34. The fraction of sp³-hybridized carbons (Fsp3) is 0.846. The van der Waals surface area contributed by atoms with E-state index in [0.717, 1.165) is 12.8 Å². The molecule has 104 valence electrons. The number of carbonyl (C=O) groups excluding carboxylic acids is 2. The standard InChI is InChI=1S/C13H23NO4/c1-9(2)13(10(3)15)14-12(16)8-18-11-4-6-17-7-5-11/h9,11,13H,4-8H2,1-3H3,(H,14,16). The van der Waals surface area contributed by atoms with Crippen LogP contribution >= 0.6 is 0 Å². The summed E-state index contributed by atoms with van der Waals surface area (Å²) in [5.74, 6) is -0.158. The summed E-state index contributed by atoms with van der Waals surface area (Å²) in [6, 6.07) is -0.421. The molecule has 0 aromatic heterocycles. The Labute approximate surface area is 108 Å². The number of hydrogen-bond acceptors (Lipinski definition) is 4. The van der Waals surface area contributed by atoms with Crippen molar-refractivity contribution in [3.05, 3.63) is 0 Å². The van der Waals surface area contributed by atoms with Crippen molar-refractivity contribution in [2.24, 2.45) is 5.92 Å². The number of carbonyl (C=O) groups is 2. The lowest BCUT2D eigenvalue weighted by Gasteiger charge is -2.23. The molecule has 1 amide bonds. The van der Waals surface area contributed by atoms with Crippen molar-refractivity contribution < 1.29 is 19.1 Å². The molecule has 0 radical (unpaired) electrons. The van der Waals surface area contributed by atoms with E-state index >= 15 is 0 Å². The number of nitrogens with one attached hydrogen (secondary N) is 1. The maximum Gasteiger partial charge on any atom is 0.246 e. The molecular formula is C13H23NO4. The fourth-order valence-corrected chi connectivity index (χ4v) is 1.99. The van der Waals surface area contributed by atoms with E-state index in [-0.39, 0.29) is 30.3 Å². The van der Waals surface area contributed by atoms with Gasteiger partial charge in [-0.1, -0.05) is 13.8 Å². The molecule has 5 heteroatoms. The molecule has 0 spiro atoms. The van der Waals surface area contributed by atoms with Gasteiger partial charge in [-0.3, -0.25) is 9.59 Å². The number of Topliss-reactive ketones (excluding diaryl/α,β-unsaturated/α-hetero) is 1. The Hall–Kier alpha value is -0.940. The lowest BCUT2D eigenvalue weighted by molar-refractivity contribution is -0.133. The van der Waals surface area contributed by atoms with E-state index in [1.165, 1.54) is 6.92 Å². The summed E-state index contributed by atoms with van der Waals surface area (Å²) in [6.07, 6.45) is 1.75. The molecule has 1 N–H and O–H groups in total. The zero-order chi connectivity index (χ0) is 13.5. The van der Waals surface area contributed by atoms with Crippen molar-refractivity contribution in [1.82, 2.24) is 5.32 Å². The molecule has 0 aromatic carbocycles. The zero-order valence-electron chi connectivity index (χ0n) is 11.4. The van der Waals surface area contributed by atoms with Crippen molar-refractivity contribution in [3.63, 3.8) is 0 Å². The summed E-state index contributed by atoms with van der Waals surface area (Å²) in [5, 5.41) is 2.71. The van der Waals surface area contributed by atoms with Crippen LogP contribution in [0.5, 0.6) is 0 Å². The Morgan fingerprint density at radius 3 is 2.44 bits per heavy atom. The molecule has 0 aromatic rings. The van der Waals surface area contributed by atoms with Crippen molar-refractivity contribution >= 4 is 11.7 Å².